The van der Waals surface area contributed by atoms with E-state index in [1.165, 1.54) is 0 Å². The molecule has 3 aromatic carbocycles. The van der Waals surface area contributed by atoms with Crippen molar-refractivity contribution in [1.29, 1.82) is 0 Å². The minimum atomic E-state index is -1.11. The number of hydrogen-bond acceptors (Lipinski definition) is 2. The number of hydrogen-bond donors (Lipinski definition) is 0. The van der Waals surface area contributed by atoms with E-state index in [-0.39, 0.29) is 0 Å². The molecule has 0 heterocycles. The van der Waals surface area contributed by atoms with Crippen LogP contribution in [0.15, 0.2) is 84.9 Å². The first-order chi connectivity index (χ1) is 14.1. The fourth-order valence-electron chi connectivity index (χ4n) is 3.34. The molecule has 1 unspecified atom stereocenters. The number of ether oxygens (including phenoxy) is 1. The Kier molecular flexibility index (Phi) is 7.20. The third kappa shape index (κ3) is 5.55. The Morgan fingerprint density at radius 2 is 1.31 bits per heavy atom. The van der Waals surface area contributed by atoms with Crippen LogP contribution in [0.25, 0.3) is 11.1 Å². The van der Waals surface area contributed by atoms with Crippen LogP contribution < -0.4 is 4.74 Å². The van der Waals surface area contributed by atoms with E-state index in [0.717, 1.165) is 34.6 Å². The standard InChI is InChI=1S/C26H28FNO/c1-20(27)25(21-10-6-4-7-11-21)26(22-12-8-5-9-13-22)23-14-16-24(17-15-23)29-19-18-28(2)3/h4-17,20H,18-19H2,1-3H3/b26-25-. The summed E-state index contributed by atoms with van der Waals surface area (Å²) in [6.45, 7) is 3.09. The van der Waals surface area contributed by atoms with E-state index in [4.69, 9.17) is 4.74 Å². The molecule has 0 aliphatic rings. The van der Waals surface area contributed by atoms with Crippen molar-refractivity contribution in [2.45, 2.75) is 13.1 Å². The molecule has 29 heavy (non-hydrogen) atoms. The SMILES string of the molecule is CC(F)/C(=C(\c1ccccc1)c1ccc(OCCN(C)C)cc1)c1ccccc1. The van der Waals surface area contributed by atoms with E-state index >= 15 is 0 Å². The first-order valence-corrected chi connectivity index (χ1v) is 9.93. The average molecular weight is 390 g/mol. The average Bonchev–Trinajstić information content (AvgIpc) is 2.73. The maximum absolute atomic E-state index is 14.9. The van der Waals surface area contributed by atoms with E-state index in [9.17, 15) is 4.39 Å². The van der Waals surface area contributed by atoms with E-state index in [0.29, 0.717) is 12.2 Å². The Morgan fingerprint density at radius 3 is 1.83 bits per heavy atom. The van der Waals surface area contributed by atoms with Gasteiger partial charge in [0.15, 0.2) is 0 Å². The Morgan fingerprint density at radius 1 is 0.793 bits per heavy atom. The number of alkyl halides is 1. The largest absolute Gasteiger partial charge is 0.492 e. The highest BCUT2D eigenvalue weighted by Gasteiger charge is 2.19. The number of halogens is 1. The normalized spacial score (nSPS) is 13.1. The van der Waals surface area contributed by atoms with Gasteiger partial charge in [-0.05, 0) is 55.4 Å². The van der Waals surface area contributed by atoms with Crippen LogP contribution in [0.3, 0.4) is 0 Å². The summed E-state index contributed by atoms with van der Waals surface area (Å²) >= 11 is 0. The molecule has 0 aliphatic carbocycles. The highest BCUT2D eigenvalue weighted by atomic mass is 19.1. The lowest BCUT2D eigenvalue weighted by Gasteiger charge is -2.19. The molecule has 0 bridgehead atoms. The van der Waals surface area contributed by atoms with Crippen LogP contribution >= 0.6 is 0 Å². The molecule has 0 saturated carbocycles. The molecule has 0 aromatic heterocycles. The van der Waals surface area contributed by atoms with Crippen molar-refractivity contribution in [2.75, 3.05) is 27.2 Å². The Balaban J connectivity index is 2.05. The fourth-order valence-corrected chi connectivity index (χ4v) is 3.34. The lowest BCUT2D eigenvalue weighted by atomic mass is 9.87. The Labute approximate surface area is 173 Å². The number of rotatable bonds is 8. The van der Waals surface area contributed by atoms with Crippen molar-refractivity contribution in [3.8, 4) is 5.75 Å². The lowest BCUT2D eigenvalue weighted by molar-refractivity contribution is 0.261. The number of benzene rings is 3. The van der Waals surface area contributed by atoms with Gasteiger partial charge in [0.1, 0.15) is 18.5 Å². The van der Waals surface area contributed by atoms with Crippen molar-refractivity contribution in [3.63, 3.8) is 0 Å². The number of nitrogens with zero attached hydrogens (tertiary/aromatic N) is 1. The van der Waals surface area contributed by atoms with Gasteiger partial charge in [0, 0.05) is 12.1 Å². The van der Waals surface area contributed by atoms with Crippen molar-refractivity contribution >= 4 is 11.1 Å². The molecule has 0 aliphatic heterocycles. The van der Waals surface area contributed by atoms with Crippen LogP contribution in [-0.2, 0) is 0 Å². The molecule has 0 N–H and O–H groups in total. The molecule has 2 nitrogen and oxygen atoms in total. The summed E-state index contributed by atoms with van der Waals surface area (Å²) in [4.78, 5) is 2.08. The smallest absolute Gasteiger partial charge is 0.124 e. The lowest BCUT2D eigenvalue weighted by Crippen LogP contribution is -2.19. The van der Waals surface area contributed by atoms with E-state index in [2.05, 4.69) is 4.90 Å². The summed E-state index contributed by atoms with van der Waals surface area (Å²) in [7, 11) is 4.04. The van der Waals surface area contributed by atoms with Crippen molar-refractivity contribution in [1.82, 2.24) is 4.90 Å². The third-order valence-electron chi connectivity index (χ3n) is 4.76. The van der Waals surface area contributed by atoms with Gasteiger partial charge in [0.2, 0.25) is 0 Å². The third-order valence-corrected chi connectivity index (χ3v) is 4.76. The quantitative estimate of drug-likeness (QED) is 0.442. The molecule has 3 rings (SSSR count). The summed E-state index contributed by atoms with van der Waals surface area (Å²) in [5.74, 6) is 0.817. The van der Waals surface area contributed by atoms with E-state index in [1.807, 2.05) is 99.0 Å². The van der Waals surface area contributed by atoms with Crippen molar-refractivity contribution in [3.05, 3.63) is 102 Å². The van der Waals surface area contributed by atoms with Gasteiger partial charge in [0.25, 0.3) is 0 Å². The summed E-state index contributed by atoms with van der Waals surface area (Å²) in [6.07, 6.45) is -1.11. The maximum atomic E-state index is 14.9. The van der Waals surface area contributed by atoms with Crippen LogP contribution in [-0.4, -0.2) is 38.3 Å². The Bertz CT molecular complexity index is 916. The minimum Gasteiger partial charge on any atom is -0.492 e. The molecule has 150 valence electrons. The van der Waals surface area contributed by atoms with Gasteiger partial charge >= 0.3 is 0 Å². The summed E-state index contributed by atoms with van der Waals surface area (Å²) in [5, 5.41) is 0. The van der Waals surface area contributed by atoms with Crippen LogP contribution in [0.4, 0.5) is 4.39 Å². The second-order valence-electron chi connectivity index (χ2n) is 7.31. The topological polar surface area (TPSA) is 12.5 Å². The van der Waals surface area contributed by atoms with Crippen LogP contribution in [0.5, 0.6) is 5.75 Å². The van der Waals surface area contributed by atoms with E-state index in [1.54, 1.807) is 6.92 Å². The second-order valence-corrected chi connectivity index (χ2v) is 7.31. The van der Waals surface area contributed by atoms with Gasteiger partial charge in [-0.3, -0.25) is 0 Å². The predicted molar refractivity (Wildman–Crippen MR) is 120 cm³/mol. The zero-order valence-electron chi connectivity index (χ0n) is 17.3. The zero-order chi connectivity index (χ0) is 20.6. The molecule has 0 amide bonds. The first-order valence-electron chi connectivity index (χ1n) is 9.93. The van der Waals surface area contributed by atoms with Crippen molar-refractivity contribution in [2.24, 2.45) is 0 Å². The molecule has 1 atom stereocenters. The molecular formula is C26H28FNO. The summed E-state index contributed by atoms with van der Waals surface area (Å²) in [6, 6.07) is 27.7. The fraction of sp³-hybridized carbons (Fsp3) is 0.231. The van der Waals surface area contributed by atoms with Gasteiger partial charge in [-0.2, -0.15) is 0 Å². The first kappa shape index (κ1) is 20.8. The summed E-state index contributed by atoms with van der Waals surface area (Å²) in [5.41, 5.74) is 4.47. The Hall–Kier alpha value is -2.91. The van der Waals surface area contributed by atoms with Gasteiger partial charge in [0.05, 0.1) is 0 Å². The van der Waals surface area contributed by atoms with E-state index < -0.39 is 6.17 Å². The highest BCUT2D eigenvalue weighted by Crippen LogP contribution is 2.36. The second kappa shape index (κ2) is 10.0. The van der Waals surface area contributed by atoms with Crippen LogP contribution in [0.1, 0.15) is 23.6 Å². The van der Waals surface area contributed by atoms with Gasteiger partial charge in [-0.1, -0.05) is 72.8 Å². The summed E-state index contributed by atoms with van der Waals surface area (Å²) < 4.78 is 20.7. The molecule has 0 spiro atoms. The minimum absolute atomic E-state index is 0.629. The van der Waals surface area contributed by atoms with Crippen LogP contribution in [0.2, 0.25) is 0 Å². The number of allylic oxidation sites excluding steroid dienone is 1. The molecule has 0 saturated heterocycles. The molecular weight excluding hydrogens is 361 g/mol. The molecule has 0 fully saturated rings. The maximum Gasteiger partial charge on any atom is 0.124 e. The van der Waals surface area contributed by atoms with Gasteiger partial charge in [-0.15, -0.1) is 0 Å². The van der Waals surface area contributed by atoms with Gasteiger partial charge < -0.3 is 9.64 Å². The monoisotopic (exact) mass is 389 g/mol. The molecule has 0 radical (unpaired) electrons. The number of likely N-dealkylation sites (N-methyl/N-ethyl adjacent to an activating group) is 1. The van der Waals surface area contributed by atoms with Gasteiger partial charge in [-0.25, -0.2) is 4.39 Å². The van der Waals surface area contributed by atoms with Crippen LogP contribution in [0, 0.1) is 0 Å². The predicted octanol–water partition coefficient (Wildman–Crippen LogP) is 5.94. The molecule has 3 aromatic rings. The highest BCUT2D eigenvalue weighted by molar-refractivity contribution is 5.99. The van der Waals surface area contributed by atoms with Crippen molar-refractivity contribution < 1.29 is 9.13 Å². The zero-order valence-corrected chi connectivity index (χ0v) is 17.3. The molecule has 3 heteroatoms.